The summed E-state index contributed by atoms with van der Waals surface area (Å²) in [6.07, 6.45) is 4.05. The van der Waals surface area contributed by atoms with Gasteiger partial charge in [-0.1, -0.05) is 12.1 Å². The van der Waals surface area contributed by atoms with Crippen molar-refractivity contribution < 1.29 is 24.3 Å². The highest BCUT2D eigenvalue weighted by Gasteiger charge is 2.44. The minimum Gasteiger partial charge on any atom is -0.378 e. The Hall–Kier alpha value is -5.50. The molecule has 1 saturated heterocycles. The average molecular weight is 613 g/mol. The number of ether oxygens (including phenoxy) is 1. The maximum atomic E-state index is 14.1. The summed E-state index contributed by atoms with van der Waals surface area (Å²) in [7, 11) is 0. The number of hydrogen-bond donors (Lipinski definition) is 0. The Morgan fingerprint density at radius 3 is 2.13 bits per heavy atom. The molecule has 0 bridgehead atoms. The second-order valence-electron chi connectivity index (χ2n) is 11.0. The molecule has 6 rings (SSSR count). The van der Waals surface area contributed by atoms with E-state index in [-0.39, 0.29) is 28.5 Å². The molecule has 45 heavy (non-hydrogen) atoms. The number of hydrazone groups is 1. The number of carbonyl (C=O) groups excluding carboxylic acids is 1. The number of nitrogens with zero attached hydrogens (tertiary/aromatic N) is 6. The van der Waals surface area contributed by atoms with E-state index in [1.807, 2.05) is 11.0 Å². The van der Waals surface area contributed by atoms with Crippen molar-refractivity contribution in [2.24, 2.45) is 11.0 Å². The number of fused-ring (bicyclic) bond motifs is 1. The number of non-ortho nitro benzene ring substituents is 2. The van der Waals surface area contributed by atoms with Crippen molar-refractivity contribution in [3.05, 3.63) is 119 Å². The van der Waals surface area contributed by atoms with Crippen LogP contribution < -0.4 is 4.90 Å². The number of anilines is 1. The summed E-state index contributed by atoms with van der Waals surface area (Å²) in [4.78, 5) is 49.1. The molecule has 1 aliphatic carbocycles. The zero-order chi connectivity index (χ0) is 31.7. The van der Waals surface area contributed by atoms with E-state index < -0.39 is 26.7 Å². The van der Waals surface area contributed by atoms with Gasteiger partial charge in [0.1, 0.15) is 5.69 Å². The first kappa shape index (κ1) is 29.6. The van der Waals surface area contributed by atoms with Gasteiger partial charge in [-0.25, -0.2) is 5.01 Å². The lowest BCUT2D eigenvalue weighted by atomic mass is 9.77. The van der Waals surface area contributed by atoms with Gasteiger partial charge >= 0.3 is 0 Å². The molecule has 3 aromatic carbocycles. The zero-order valence-corrected chi connectivity index (χ0v) is 24.0. The van der Waals surface area contributed by atoms with Crippen LogP contribution in [0.15, 0.2) is 77.4 Å². The fraction of sp³-hybridized carbons (Fsp3) is 0.290. The standard InChI is InChI=1S/C31H28N6O8/c38-31(23-8-13-27(28(19-23)37(43)44)33-14-16-45-17-15-33)34-30(21-6-11-25(12-7-21)36(41)42)26-3-1-2-22(29(26)32-34)18-20-4-9-24(10-5-20)35(39)40/h4-13,18-19,26,30H,1-3,14-17H2/b22-18-/t26-,30-/m1/s1. The quantitative estimate of drug-likeness (QED) is 0.240. The van der Waals surface area contributed by atoms with Gasteiger partial charge in [0.05, 0.1) is 39.7 Å². The molecule has 0 radical (unpaired) electrons. The lowest BCUT2D eigenvalue weighted by Gasteiger charge is -2.30. The van der Waals surface area contributed by atoms with Crippen molar-refractivity contribution in [2.45, 2.75) is 25.3 Å². The predicted octanol–water partition coefficient (Wildman–Crippen LogP) is 5.68. The third-order valence-corrected chi connectivity index (χ3v) is 8.37. The van der Waals surface area contributed by atoms with Crippen molar-refractivity contribution in [3.8, 4) is 0 Å². The van der Waals surface area contributed by atoms with Gasteiger partial charge in [-0.3, -0.25) is 35.1 Å². The second kappa shape index (κ2) is 12.2. The number of carbonyl (C=O) groups is 1. The molecule has 3 aliphatic rings. The number of rotatable bonds is 7. The molecule has 14 heteroatoms. The van der Waals surface area contributed by atoms with Crippen LogP contribution in [-0.4, -0.2) is 57.7 Å². The van der Waals surface area contributed by atoms with Gasteiger partial charge in [-0.05, 0) is 66.3 Å². The third-order valence-electron chi connectivity index (χ3n) is 8.37. The molecule has 2 aliphatic heterocycles. The van der Waals surface area contributed by atoms with Crippen molar-refractivity contribution >= 4 is 40.4 Å². The highest BCUT2D eigenvalue weighted by Crippen LogP contribution is 2.45. The number of morpholine rings is 1. The number of hydrogen-bond acceptors (Lipinski definition) is 10. The van der Waals surface area contributed by atoms with E-state index in [1.165, 1.54) is 35.3 Å². The summed E-state index contributed by atoms with van der Waals surface area (Å²) < 4.78 is 5.38. The van der Waals surface area contributed by atoms with Crippen LogP contribution in [0.3, 0.4) is 0 Å². The van der Waals surface area contributed by atoms with Crippen molar-refractivity contribution in [3.63, 3.8) is 0 Å². The molecular formula is C31H28N6O8. The van der Waals surface area contributed by atoms with Gasteiger partial charge < -0.3 is 9.64 Å². The van der Waals surface area contributed by atoms with Crippen LogP contribution in [0.2, 0.25) is 0 Å². The lowest BCUT2D eigenvalue weighted by Crippen LogP contribution is -2.36. The van der Waals surface area contributed by atoms with E-state index in [2.05, 4.69) is 0 Å². The summed E-state index contributed by atoms with van der Waals surface area (Å²) in [6, 6.07) is 15.9. The summed E-state index contributed by atoms with van der Waals surface area (Å²) in [6.45, 7) is 1.86. The number of allylic oxidation sites excluding steroid dienone is 1. The molecule has 2 atom stereocenters. The molecular weight excluding hydrogens is 584 g/mol. The van der Waals surface area contributed by atoms with E-state index in [0.29, 0.717) is 56.1 Å². The highest BCUT2D eigenvalue weighted by molar-refractivity contribution is 6.09. The largest absolute Gasteiger partial charge is 0.378 e. The summed E-state index contributed by atoms with van der Waals surface area (Å²) in [5, 5.41) is 40.7. The Morgan fingerprint density at radius 1 is 0.867 bits per heavy atom. The van der Waals surface area contributed by atoms with Crippen LogP contribution in [-0.2, 0) is 4.74 Å². The highest BCUT2D eigenvalue weighted by atomic mass is 16.6. The molecule has 1 saturated carbocycles. The summed E-state index contributed by atoms with van der Waals surface area (Å²) in [5.74, 6) is -0.775. The van der Waals surface area contributed by atoms with Gasteiger partial charge in [0.25, 0.3) is 23.0 Å². The molecule has 14 nitrogen and oxygen atoms in total. The van der Waals surface area contributed by atoms with E-state index >= 15 is 0 Å². The smallest absolute Gasteiger partial charge is 0.293 e. The molecule has 3 aromatic rings. The van der Waals surface area contributed by atoms with E-state index in [1.54, 1.807) is 36.4 Å². The van der Waals surface area contributed by atoms with Crippen LogP contribution in [0.4, 0.5) is 22.7 Å². The number of amides is 1. The Balaban J connectivity index is 1.40. The fourth-order valence-corrected chi connectivity index (χ4v) is 6.19. The van der Waals surface area contributed by atoms with Crippen LogP contribution >= 0.6 is 0 Å². The van der Waals surface area contributed by atoms with Gasteiger partial charge in [-0.15, -0.1) is 0 Å². The monoisotopic (exact) mass is 612 g/mol. The van der Waals surface area contributed by atoms with Crippen molar-refractivity contribution in [1.82, 2.24) is 5.01 Å². The second-order valence-corrected chi connectivity index (χ2v) is 11.0. The van der Waals surface area contributed by atoms with Gasteiger partial charge in [0.15, 0.2) is 0 Å². The molecule has 2 heterocycles. The van der Waals surface area contributed by atoms with Crippen molar-refractivity contribution in [2.75, 3.05) is 31.2 Å². The maximum absolute atomic E-state index is 14.1. The molecule has 1 amide bonds. The topological polar surface area (TPSA) is 175 Å². The van der Waals surface area contributed by atoms with Gasteiger partial charge in [-0.2, -0.15) is 5.10 Å². The van der Waals surface area contributed by atoms with E-state index in [4.69, 9.17) is 9.84 Å². The first-order valence-electron chi connectivity index (χ1n) is 14.4. The predicted molar refractivity (Wildman–Crippen MR) is 164 cm³/mol. The Bertz CT molecular complexity index is 1730. The Morgan fingerprint density at radius 2 is 1.51 bits per heavy atom. The Labute approximate surface area is 256 Å². The SMILES string of the molecule is O=C(c1ccc(N2CCOCC2)c([N+](=O)[O-])c1)N1N=C2/C(=C\c3ccc([N+](=O)[O-])cc3)CCC[C@H]2[C@H]1c1ccc([N+](=O)[O-])cc1. The normalized spacial score (nSPS) is 20.4. The van der Waals surface area contributed by atoms with Gasteiger partial charge in [0.2, 0.25) is 0 Å². The summed E-state index contributed by atoms with van der Waals surface area (Å²) >= 11 is 0. The minimum atomic E-state index is -0.605. The molecule has 0 unspecified atom stereocenters. The minimum absolute atomic E-state index is 0.0272. The Kier molecular flexibility index (Phi) is 8.04. The van der Waals surface area contributed by atoms with Crippen LogP contribution in [0, 0.1) is 36.3 Å². The third kappa shape index (κ3) is 5.87. The first-order chi connectivity index (χ1) is 21.7. The van der Waals surface area contributed by atoms with Crippen molar-refractivity contribution in [1.29, 1.82) is 0 Å². The zero-order valence-electron chi connectivity index (χ0n) is 24.0. The van der Waals surface area contributed by atoms with Crippen LogP contribution in [0.5, 0.6) is 0 Å². The fourth-order valence-electron chi connectivity index (χ4n) is 6.19. The number of benzene rings is 3. The van der Waals surface area contributed by atoms with E-state index in [9.17, 15) is 35.1 Å². The number of nitro benzene ring substituents is 3. The molecule has 0 N–H and O–H groups in total. The maximum Gasteiger partial charge on any atom is 0.293 e. The van der Waals surface area contributed by atoms with Crippen LogP contribution in [0.25, 0.3) is 6.08 Å². The number of nitro groups is 3. The molecule has 230 valence electrons. The molecule has 0 aromatic heterocycles. The van der Waals surface area contributed by atoms with E-state index in [0.717, 1.165) is 17.6 Å². The molecule has 2 fully saturated rings. The summed E-state index contributed by atoms with van der Waals surface area (Å²) in [5.41, 5.74) is 3.12. The molecule has 0 spiro atoms. The van der Waals surface area contributed by atoms with Crippen LogP contribution in [0.1, 0.15) is 46.8 Å². The van der Waals surface area contributed by atoms with Gasteiger partial charge in [0, 0.05) is 54.9 Å². The lowest BCUT2D eigenvalue weighted by molar-refractivity contribution is -0.385. The average Bonchev–Trinajstić information content (AvgIpc) is 3.45. The first-order valence-corrected chi connectivity index (χ1v) is 14.4.